The number of nitrogens with zero attached hydrogens (tertiary/aromatic N) is 2. The molecule has 1 N–H and O–H groups in total. The number of sulfone groups is 1. The van der Waals surface area contributed by atoms with Gasteiger partial charge in [-0.15, -0.1) is 0 Å². The molecule has 0 saturated carbocycles. The van der Waals surface area contributed by atoms with Crippen molar-refractivity contribution in [2.45, 2.75) is 13.5 Å². The molecule has 0 fully saturated rings. The molecule has 0 saturated heterocycles. The van der Waals surface area contributed by atoms with Crippen molar-refractivity contribution in [3.63, 3.8) is 0 Å². The molecule has 6 nitrogen and oxygen atoms in total. The predicted molar refractivity (Wildman–Crippen MR) is 67.0 cm³/mol. The summed E-state index contributed by atoms with van der Waals surface area (Å²) in [6.45, 7) is 3.54. The quantitative estimate of drug-likeness (QED) is 0.764. The van der Waals surface area contributed by atoms with Gasteiger partial charge in [-0.2, -0.15) is 0 Å². The number of aromatic nitrogens is 2. The second kappa shape index (κ2) is 6.02. The molecule has 1 heterocycles. The first-order chi connectivity index (χ1) is 7.92. The molecule has 0 radical (unpaired) electrons. The topological polar surface area (TPSA) is 73.2 Å². The van der Waals surface area contributed by atoms with Gasteiger partial charge in [0.2, 0.25) is 5.95 Å². The number of imidazole rings is 1. The lowest BCUT2D eigenvalue weighted by atomic mass is 10.5. The van der Waals surface area contributed by atoms with Crippen molar-refractivity contribution in [1.82, 2.24) is 9.55 Å². The Hall–Kier alpha value is -1.08. The number of anilines is 1. The van der Waals surface area contributed by atoms with Crippen LogP contribution in [0.2, 0.25) is 0 Å². The van der Waals surface area contributed by atoms with Gasteiger partial charge in [-0.3, -0.25) is 0 Å². The van der Waals surface area contributed by atoms with Crippen molar-refractivity contribution in [2.24, 2.45) is 0 Å². The largest absolute Gasteiger partial charge is 0.383 e. The number of rotatable bonds is 7. The Labute approximate surface area is 102 Å². The Morgan fingerprint density at radius 3 is 2.82 bits per heavy atom. The molecule has 1 rings (SSSR count). The maximum absolute atomic E-state index is 11.0. The normalized spacial score (nSPS) is 11.7. The molecule has 0 aromatic carbocycles. The van der Waals surface area contributed by atoms with Crippen LogP contribution in [0.25, 0.3) is 0 Å². The maximum Gasteiger partial charge on any atom is 0.203 e. The van der Waals surface area contributed by atoms with Crippen LogP contribution in [-0.2, 0) is 21.1 Å². The highest BCUT2D eigenvalue weighted by Gasteiger charge is 2.06. The van der Waals surface area contributed by atoms with Crippen LogP contribution in [0.5, 0.6) is 0 Å². The third-order valence-corrected chi connectivity index (χ3v) is 3.13. The van der Waals surface area contributed by atoms with Crippen LogP contribution in [0.1, 0.15) is 5.69 Å². The van der Waals surface area contributed by atoms with Gasteiger partial charge in [0.15, 0.2) is 0 Å². The van der Waals surface area contributed by atoms with E-state index in [4.69, 9.17) is 4.74 Å². The van der Waals surface area contributed by atoms with Crippen LogP contribution in [0, 0.1) is 6.92 Å². The summed E-state index contributed by atoms with van der Waals surface area (Å²) in [5.74, 6) is 0.784. The summed E-state index contributed by atoms with van der Waals surface area (Å²) in [7, 11) is -1.30. The molecule has 0 aliphatic carbocycles. The molecule has 17 heavy (non-hydrogen) atoms. The van der Waals surface area contributed by atoms with E-state index in [1.165, 1.54) is 6.26 Å². The summed E-state index contributed by atoms with van der Waals surface area (Å²) in [5, 5.41) is 3.02. The molecule has 0 aliphatic rings. The zero-order chi connectivity index (χ0) is 12.9. The van der Waals surface area contributed by atoms with Gasteiger partial charge in [-0.05, 0) is 6.92 Å². The monoisotopic (exact) mass is 261 g/mol. The average molecular weight is 261 g/mol. The highest BCUT2D eigenvalue weighted by molar-refractivity contribution is 7.90. The number of ether oxygens (including phenoxy) is 1. The van der Waals surface area contributed by atoms with E-state index in [-0.39, 0.29) is 5.75 Å². The van der Waals surface area contributed by atoms with Crippen LogP contribution >= 0.6 is 0 Å². The molecular weight excluding hydrogens is 242 g/mol. The van der Waals surface area contributed by atoms with E-state index in [2.05, 4.69) is 10.3 Å². The van der Waals surface area contributed by atoms with E-state index in [1.54, 1.807) is 7.11 Å². The van der Waals surface area contributed by atoms with Crippen LogP contribution < -0.4 is 5.32 Å². The fraction of sp³-hybridized carbons (Fsp3) is 0.700. The van der Waals surface area contributed by atoms with E-state index in [0.717, 1.165) is 5.69 Å². The minimum absolute atomic E-state index is 0.100. The molecule has 0 unspecified atom stereocenters. The first kappa shape index (κ1) is 14.0. The van der Waals surface area contributed by atoms with E-state index in [0.29, 0.717) is 25.6 Å². The van der Waals surface area contributed by atoms with Crippen molar-refractivity contribution in [3.05, 3.63) is 11.9 Å². The van der Waals surface area contributed by atoms with E-state index in [1.807, 2.05) is 17.7 Å². The highest BCUT2D eigenvalue weighted by Crippen LogP contribution is 2.07. The highest BCUT2D eigenvalue weighted by atomic mass is 32.2. The van der Waals surface area contributed by atoms with E-state index >= 15 is 0 Å². The molecule has 0 bridgehead atoms. The van der Waals surface area contributed by atoms with Crippen LogP contribution in [-0.4, -0.2) is 50.2 Å². The fourth-order valence-electron chi connectivity index (χ4n) is 1.40. The van der Waals surface area contributed by atoms with Gasteiger partial charge in [-0.1, -0.05) is 0 Å². The first-order valence-corrected chi connectivity index (χ1v) is 7.43. The van der Waals surface area contributed by atoms with Gasteiger partial charge in [0.25, 0.3) is 0 Å². The Kier molecular flexibility index (Phi) is 4.95. The number of methoxy groups -OCH3 is 1. The van der Waals surface area contributed by atoms with Crippen molar-refractivity contribution in [3.8, 4) is 0 Å². The molecule has 0 atom stereocenters. The van der Waals surface area contributed by atoms with E-state index in [9.17, 15) is 8.42 Å². The molecule has 98 valence electrons. The number of hydrogen-bond acceptors (Lipinski definition) is 5. The Morgan fingerprint density at radius 1 is 1.53 bits per heavy atom. The number of nitrogens with one attached hydrogen (secondary N) is 1. The zero-order valence-electron chi connectivity index (χ0n) is 10.4. The molecular formula is C10H19N3O3S. The molecule has 7 heteroatoms. The lowest BCUT2D eigenvalue weighted by Gasteiger charge is -2.08. The Morgan fingerprint density at radius 2 is 2.24 bits per heavy atom. The Balaban J connectivity index is 2.57. The van der Waals surface area contributed by atoms with Gasteiger partial charge >= 0.3 is 0 Å². The van der Waals surface area contributed by atoms with Gasteiger partial charge < -0.3 is 14.6 Å². The molecule has 0 aliphatic heterocycles. The molecule has 0 amide bonds. The predicted octanol–water partition coefficient (Wildman–Crippen LogP) is 0.294. The lowest BCUT2D eigenvalue weighted by Crippen LogP contribution is -2.17. The maximum atomic E-state index is 11.0. The second-order valence-electron chi connectivity index (χ2n) is 3.95. The van der Waals surface area contributed by atoms with Gasteiger partial charge in [0.05, 0.1) is 18.1 Å². The SMILES string of the molecule is COCCn1cc(C)nc1NCCS(C)(=O)=O. The van der Waals surface area contributed by atoms with Crippen LogP contribution in [0.15, 0.2) is 6.20 Å². The molecule has 0 spiro atoms. The fourth-order valence-corrected chi connectivity index (χ4v) is 1.87. The van der Waals surface area contributed by atoms with Gasteiger partial charge in [0.1, 0.15) is 9.84 Å². The summed E-state index contributed by atoms with van der Waals surface area (Å²) in [6.07, 6.45) is 3.12. The van der Waals surface area contributed by atoms with Crippen molar-refractivity contribution in [1.29, 1.82) is 0 Å². The lowest BCUT2D eigenvalue weighted by molar-refractivity contribution is 0.187. The summed E-state index contributed by atoms with van der Waals surface area (Å²) in [4.78, 5) is 4.28. The molecule has 1 aromatic heterocycles. The number of aryl methyl sites for hydroxylation is 1. The average Bonchev–Trinajstić information content (AvgIpc) is 2.54. The minimum atomic E-state index is -2.94. The first-order valence-electron chi connectivity index (χ1n) is 5.36. The minimum Gasteiger partial charge on any atom is -0.383 e. The molecule has 1 aromatic rings. The third kappa shape index (κ3) is 5.18. The second-order valence-corrected chi connectivity index (χ2v) is 6.21. The smallest absolute Gasteiger partial charge is 0.203 e. The summed E-state index contributed by atoms with van der Waals surface area (Å²) >= 11 is 0. The summed E-state index contributed by atoms with van der Waals surface area (Å²) < 4.78 is 28.9. The Bertz CT molecular complexity index is 453. The summed E-state index contributed by atoms with van der Waals surface area (Å²) in [6, 6.07) is 0. The van der Waals surface area contributed by atoms with Crippen molar-refractivity contribution < 1.29 is 13.2 Å². The number of hydrogen-bond donors (Lipinski definition) is 1. The third-order valence-electron chi connectivity index (χ3n) is 2.19. The zero-order valence-corrected chi connectivity index (χ0v) is 11.2. The summed E-state index contributed by atoms with van der Waals surface area (Å²) in [5.41, 5.74) is 0.892. The standard InChI is InChI=1S/C10H19N3O3S/c1-9-8-13(5-6-16-2)10(12-9)11-4-7-17(3,14)15/h8H,4-7H2,1-3H3,(H,11,12). The van der Waals surface area contributed by atoms with Crippen LogP contribution in [0.4, 0.5) is 5.95 Å². The van der Waals surface area contributed by atoms with E-state index < -0.39 is 9.84 Å². The van der Waals surface area contributed by atoms with Crippen molar-refractivity contribution in [2.75, 3.05) is 37.6 Å². The van der Waals surface area contributed by atoms with Gasteiger partial charge in [-0.25, -0.2) is 13.4 Å². The van der Waals surface area contributed by atoms with Crippen molar-refractivity contribution >= 4 is 15.8 Å². The van der Waals surface area contributed by atoms with Crippen LogP contribution in [0.3, 0.4) is 0 Å². The van der Waals surface area contributed by atoms with Gasteiger partial charge in [0, 0.05) is 32.7 Å².